The molecular formula is C16H20INO. The second-order valence-electron chi connectivity index (χ2n) is 5.80. The van der Waals surface area contributed by atoms with Crippen LogP contribution in [0.3, 0.4) is 0 Å². The number of benzene rings is 1. The molecule has 1 aliphatic carbocycles. The first-order valence-electron chi connectivity index (χ1n) is 7.28. The maximum absolute atomic E-state index is 13.0. The molecule has 0 unspecified atom stereocenters. The van der Waals surface area contributed by atoms with E-state index in [2.05, 4.69) is 51.8 Å². The van der Waals surface area contributed by atoms with Crippen molar-refractivity contribution in [2.24, 2.45) is 0 Å². The van der Waals surface area contributed by atoms with Crippen molar-refractivity contribution in [2.45, 2.75) is 43.9 Å². The highest BCUT2D eigenvalue weighted by molar-refractivity contribution is 14.1. The highest BCUT2D eigenvalue weighted by Gasteiger charge is 2.45. The predicted octanol–water partition coefficient (Wildman–Crippen LogP) is 3.73. The summed E-state index contributed by atoms with van der Waals surface area (Å²) in [7, 11) is 0. The molecule has 0 bridgehead atoms. The van der Waals surface area contributed by atoms with Crippen molar-refractivity contribution in [1.82, 2.24) is 4.90 Å². The number of halogens is 1. The van der Waals surface area contributed by atoms with E-state index >= 15 is 0 Å². The topological polar surface area (TPSA) is 20.3 Å². The zero-order valence-electron chi connectivity index (χ0n) is 11.2. The Morgan fingerprint density at radius 2 is 1.58 bits per heavy atom. The quantitative estimate of drug-likeness (QED) is 0.728. The molecule has 2 aliphatic rings. The van der Waals surface area contributed by atoms with Gasteiger partial charge in [-0.3, -0.25) is 4.79 Å². The molecule has 102 valence electrons. The molecule has 1 aliphatic heterocycles. The zero-order chi connectivity index (χ0) is 13.3. The van der Waals surface area contributed by atoms with Crippen molar-refractivity contribution < 1.29 is 4.79 Å². The summed E-state index contributed by atoms with van der Waals surface area (Å²) in [6.45, 7) is 1.93. The van der Waals surface area contributed by atoms with Crippen LogP contribution < -0.4 is 0 Å². The lowest BCUT2D eigenvalue weighted by Crippen LogP contribution is -2.44. The molecule has 0 radical (unpaired) electrons. The van der Waals surface area contributed by atoms with Crippen molar-refractivity contribution in [3.8, 4) is 0 Å². The Hall–Kier alpha value is -0.580. The van der Waals surface area contributed by atoms with E-state index in [9.17, 15) is 4.79 Å². The van der Waals surface area contributed by atoms with Crippen LogP contribution in [0, 0.1) is 3.57 Å². The van der Waals surface area contributed by atoms with E-state index in [1.165, 1.54) is 34.8 Å². The molecule has 3 rings (SSSR count). The van der Waals surface area contributed by atoms with Crippen LogP contribution in [0.5, 0.6) is 0 Å². The summed E-state index contributed by atoms with van der Waals surface area (Å²) in [6.07, 6.45) is 6.78. The van der Waals surface area contributed by atoms with Gasteiger partial charge in [-0.15, -0.1) is 0 Å². The van der Waals surface area contributed by atoms with Gasteiger partial charge in [-0.05, 0) is 66.0 Å². The van der Waals surface area contributed by atoms with Crippen LogP contribution in [0.1, 0.15) is 44.1 Å². The summed E-state index contributed by atoms with van der Waals surface area (Å²) >= 11 is 2.32. The smallest absolute Gasteiger partial charge is 0.233 e. The van der Waals surface area contributed by atoms with Crippen molar-refractivity contribution in [1.29, 1.82) is 0 Å². The van der Waals surface area contributed by atoms with Gasteiger partial charge in [-0.25, -0.2) is 0 Å². The van der Waals surface area contributed by atoms with E-state index in [4.69, 9.17) is 0 Å². The van der Waals surface area contributed by atoms with E-state index in [0.29, 0.717) is 5.91 Å². The van der Waals surface area contributed by atoms with Gasteiger partial charge in [-0.2, -0.15) is 0 Å². The minimum Gasteiger partial charge on any atom is -0.342 e. The molecule has 19 heavy (non-hydrogen) atoms. The molecule has 2 nitrogen and oxygen atoms in total. The van der Waals surface area contributed by atoms with Crippen LogP contribution in [0.15, 0.2) is 24.3 Å². The van der Waals surface area contributed by atoms with E-state index in [-0.39, 0.29) is 5.41 Å². The molecule has 0 aromatic heterocycles. The summed E-state index contributed by atoms with van der Waals surface area (Å²) in [6, 6.07) is 8.60. The van der Waals surface area contributed by atoms with E-state index in [1.54, 1.807) is 0 Å². The first-order valence-corrected chi connectivity index (χ1v) is 8.36. The average molecular weight is 369 g/mol. The van der Waals surface area contributed by atoms with Crippen molar-refractivity contribution in [3.05, 3.63) is 33.4 Å². The number of hydrogen-bond donors (Lipinski definition) is 0. The molecule has 2 fully saturated rings. The molecule has 3 heteroatoms. The van der Waals surface area contributed by atoms with E-state index in [1.807, 2.05) is 0 Å². The Kier molecular flexibility index (Phi) is 3.83. The fourth-order valence-corrected chi connectivity index (χ4v) is 3.96. The van der Waals surface area contributed by atoms with Crippen LogP contribution in [-0.2, 0) is 10.2 Å². The van der Waals surface area contributed by atoms with Gasteiger partial charge in [0.2, 0.25) is 5.91 Å². The molecule has 1 saturated carbocycles. The Morgan fingerprint density at radius 3 is 2.16 bits per heavy atom. The Morgan fingerprint density at radius 1 is 1.00 bits per heavy atom. The number of likely N-dealkylation sites (tertiary alicyclic amines) is 1. The number of amides is 1. The van der Waals surface area contributed by atoms with Crippen molar-refractivity contribution in [3.63, 3.8) is 0 Å². The summed E-state index contributed by atoms with van der Waals surface area (Å²) in [5.41, 5.74) is 1.02. The number of hydrogen-bond acceptors (Lipinski definition) is 1. The van der Waals surface area contributed by atoms with E-state index < -0.39 is 0 Å². The minimum absolute atomic E-state index is 0.214. The molecule has 0 N–H and O–H groups in total. The SMILES string of the molecule is O=C(N1CCCC1)C1(c2ccc(I)cc2)CCCC1. The molecule has 1 aromatic carbocycles. The largest absolute Gasteiger partial charge is 0.342 e. The lowest BCUT2D eigenvalue weighted by atomic mass is 9.77. The summed E-state index contributed by atoms with van der Waals surface area (Å²) < 4.78 is 1.24. The molecule has 1 aromatic rings. The van der Waals surface area contributed by atoms with Gasteiger partial charge in [0.25, 0.3) is 0 Å². The zero-order valence-corrected chi connectivity index (χ0v) is 13.4. The standard InChI is InChI=1S/C16H20INO/c17-14-7-5-13(6-8-14)16(9-1-2-10-16)15(19)18-11-3-4-12-18/h5-8H,1-4,9-12H2. The monoisotopic (exact) mass is 369 g/mol. The first-order chi connectivity index (χ1) is 9.22. The van der Waals surface area contributed by atoms with E-state index in [0.717, 1.165) is 25.9 Å². The maximum atomic E-state index is 13.0. The van der Waals surface area contributed by atoms with Crippen LogP contribution in [-0.4, -0.2) is 23.9 Å². The van der Waals surface area contributed by atoms with Crippen molar-refractivity contribution in [2.75, 3.05) is 13.1 Å². The molecular weight excluding hydrogens is 349 g/mol. The van der Waals surface area contributed by atoms with Crippen LogP contribution in [0.2, 0.25) is 0 Å². The maximum Gasteiger partial charge on any atom is 0.233 e. The van der Waals surface area contributed by atoms with Gasteiger partial charge in [0, 0.05) is 16.7 Å². The normalized spacial score (nSPS) is 21.8. The Bertz CT molecular complexity index is 456. The molecule has 1 saturated heterocycles. The van der Waals surface area contributed by atoms with Crippen molar-refractivity contribution >= 4 is 28.5 Å². The van der Waals surface area contributed by atoms with Gasteiger partial charge < -0.3 is 4.90 Å². The lowest BCUT2D eigenvalue weighted by molar-refractivity contribution is -0.136. The third kappa shape index (κ3) is 2.41. The second-order valence-corrected chi connectivity index (χ2v) is 7.04. The molecule has 0 spiro atoms. The first kappa shape index (κ1) is 13.4. The molecule has 1 heterocycles. The van der Waals surface area contributed by atoms with Gasteiger partial charge >= 0.3 is 0 Å². The summed E-state index contributed by atoms with van der Waals surface area (Å²) in [5.74, 6) is 0.392. The Balaban J connectivity index is 1.94. The highest BCUT2D eigenvalue weighted by Crippen LogP contribution is 2.43. The minimum atomic E-state index is -0.214. The fourth-order valence-electron chi connectivity index (χ4n) is 3.60. The van der Waals surface area contributed by atoms with Gasteiger partial charge in [0.05, 0.1) is 5.41 Å². The second kappa shape index (κ2) is 5.43. The fraction of sp³-hybridized carbons (Fsp3) is 0.562. The number of carbonyl (C=O) groups excluding carboxylic acids is 1. The third-order valence-electron chi connectivity index (χ3n) is 4.66. The van der Waals surface area contributed by atoms with Crippen LogP contribution in [0.4, 0.5) is 0 Å². The third-order valence-corrected chi connectivity index (χ3v) is 5.38. The summed E-state index contributed by atoms with van der Waals surface area (Å²) in [5, 5.41) is 0. The average Bonchev–Trinajstić information content (AvgIpc) is 3.11. The van der Waals surface area contributed by atoms with Gasteiger partial charge in [0.15, 0.2) is 0 Å². The Labute approximate surface area is 128 Å². The van der Waals surface area contributed by atoms with Crippen LogP contribution >= 0.6 is 22.6 Å². The van der Waals surface area contributed by atoms with Crippen LogP contribution in [0.25, 0.3) is 0 Å². The highest BCUT2D eigenvalue weighted by atomic mass is 127. The molecule has 1 amide bonds. The number of nitrogens with zero attached hydrogens (tertiary/aromatic N) is 1. The number of carbonyl (C=O) groups is 1. The predicted molar refractivity (Wildman–Crippen MR) is 85.1 cm³/mol. The summed E-state index contributed by atoms with van der Waals surface area (Å²) in [4.78, 5) is 15.1. The molecule has 0 atom stereocenters. The van der Waals surface area contributed by atoms with Gasteiger partial charge in [-0.1, -0.05) is 25.0 Å². The van der Waals surface area contributed by atoms with Gasteiger partial charge in [0.1, 0.15) is 0 Å². The lowest BCUT2D eigenvalue weighted by Gasteiger charge is -2.32. The number of rotatable bonds is 2.